The van der Waals surface area contributed by atoms with Crippen molar-refractivity contribution in [2.75, 3.05) is 38.0 Å². The molecule has 2 N–H and O–H groups in total. The fourth-order valence-corrected chi connectivity index (χ4v) is 3.63. The Balaban J connectivity index is 1.50. The monoisotopic (exact) mass is 316 g/mol. The molecular formula is C18H28N4O. The van der Waals surface area contributed by atoms with Gasteiger partial charge >= 0.3 is 0 Å². The molecule has 23 heavy (non-hydrogen) atoms. The molecule has 2 saturated heterocycles. The van der Waals surface area contributed by atoms with Crippen LogP contribution in [0.3, 0.4) is 0 Å². The van der Waals surface area contributed by atoms with E-state index in [0.717, 1.165) is 57.0 Å². The van der Waals surface area contributed by atoms with Crippen LogP contribution in [0.25, 0.3) is 0 Å². The summed E-state index contributed by atoms with van der Waals surface area (Å²) in [5.41, 5.74) is 1.11. The van der Waals surface area contributed by atoms with Crippen LogP contribution >= 0.6 is 0 Å². The van der Waals surface area contributed by atoms with E-state index in [4.69, 9.17) is 0 Å². The number of nitrogens with zero attached hydrogens (tertiary/aromatic N) is 2. The average Bonchev–Trinajstić information content (AvgIpc) is 2.58. The van der Waals surface area contributed by atoms with E-state index >= 15 is 0 Å². The number of hydrogen-bond donors (Lipinski definition) is 2. The number of carbonyl (C=O) groups is 1. The van der Waals surface area contributed by atoms with Crippen molar-refractivity contribution >= 4 is 11.7 Å². The van der Waals surface area contributed by atoms with Crippen molar-refractivity contribution in [3.8, 4) is 0 Å². The Kier molecular flexibility index (Phi) is 5.62. The Bertz CT molecular complexity index is 510. The Labute approximate surface area is 138 Å². The number of rotatable bonds is 4. The number of nitrogens with one attached hydrogen (secondary N) is 2. The number of pyridine rings is 1. The standard InChI is InChI=1S/C18H28N4O/c1-14-4-5-17(20-11-14)21-18(23)16-3-2-10-22(13-16)12-15-6-8-19-9-7-15/h4-5,11,15-16,19H,2-3,6-10,12-13H2,1H3,(H,20,21,23). The minimum absolute atomic E-state index is 0.0913. The van der Waals surface area contributed by atoms with E-state index in [1.807, 2.05) is 19.1 Å². The molecule has 0 radical (unpaired) electrons. The van der Waals surface area contributed by atoms with Gasteiger partial charge in [-0.25, -0.2) is 4.98 Å². The van der Waals surface area contributed by atoms with Crippen LogP contribution in [0, 0.1) is 18.8 Å². The lowest BCUT2D eigenvalue weighted by atomic mass is 9.93. The van der Waals surface area contributed by atoms with E-state index in [-0.39, 0.29) is 11.8 Å². The first-order chi connectivity index (χ1) is 11.2. The molecule has 0 saturated carbocycles. The smallest absolute Gasteiger partial charge is 0.229 e. The van der Waals surface area contributed by atoms with E-state index in [9.17, 15) is 4.79 Å². The molecule has 0 aromatic carbocycles. The number of carbonyl (C=O) groups excluding carboxylic acids is 1. The second kappa shape index (κ2) is 7.88. The molecular weight excluding hydrogens is 288 g/mol. The molecule has 126 valence electrons. The first-order valence-corrected chi connectivity index (χ1v) is 8.87. The van der Waals surface area contributed by atoms with Gasteiger partial charge in [-0.2, -0.15) is 0 Å². The van der Waals surface area contributed by atoms with E-state index in [2.05, 4.69) is 20.5 Å². The molecule has 3 rings (SSSR count). The SMILES string of the molecule is Cc1ccc(NC(=O)C2CCCN(CC3CCNCC3)C2)nc1. The summed E-state index contributed by atoms with van der Waals surface area (Å²) < 4.78 is 0. The maximum Gasteiger partial charge on any atom is 0.229 e. The third kappa shape index (κ3) is 4.75. The normalized spacial score (nSPS) is 23.6. The number of aryl methyl sites for hydroxylation is 1. The van der Waals surface area contributed by atoms with E-state index in [1.54, 1.807) is 6.20 Å². The summed E-state index contributed by atoms with van der Waals surface area (Å²) in [4.78, 5) is 19.3. The van der Waals surface area contributed by atoms with Gasteiger partial charge in [-0.1, -0.05) is 6.07 Å². The summed E-state index contributed by atoms with van der Waals surface area (Å²) in [6, 6.07) is 3.86. The van der Waals surface area contributed by atoms with Crippen LogP contribution in [0.4, 0.5) is 5.82 Å². The van der Waals surface area contributed by atoms with Crippen molar-refractivity contribution in [1.82, 2.24) is 15.2 Å². The highest BCUT2D eigenvalue weighted by Crippen LogP contribution is 2.21. The van der Waals surface area contributed by atoms with Gasteiger partial charge in [0, 0.05) is 19.3 Å². The van der Waals surface area contributed by atoms with Crippen LogP contribution in [0.2, 0.25) is 0 Å². The summed E-state index contributed by atoms with van der Waals surface area (Å²) in [6.07, 6.45) is 6.42. The van der Waals surface area contributed by atoms with Crippen LogP contribution in [-0.4, -0.2) is 48.5 Å². The summed E-state index contributed by atoms with van der Waals surface area (Å²) in [6.45, 7) is 7.45. The van der Waals surface area contributed by atoms with Crippen molar-refractivity contribution in [3.05, 3.63) is 23.9 Å². The maximum atomic E-state index is 12.5. The quantitative estimate of drug-likeness (QED) is 0.892. The lowest BCUT2D eigenvalue weighted by molar-refractivity contribution is -0.121. The fraction of sp³-hybridized carbons (Fsp3) is 0.667. The van der Waals surface area contributed by atoms with Crippen molar-refractivity contribution in [1.29, 1.82) is 0 Å². The van der Waals surface area contributed by atoms with Crippen LogP contribution < -0.4 is 10.6 Å². The zero-order valence-electron chi connectivity index (χ0n) is 14.1. The summed E-state index contributed by atoms with van der Waals surface area (Å²) >= 11 is 0. The predicted molar refractivity (Wildman–Crippen MR) is 92.4 cm³/mol. The molecule has 5 heteroatoms. The molecule has 2 fully saturated rings. The van der Waals surface area contributed by atoms with Crippen LogP contribution in [-0.2, 0) is 4.79 Å². The Morgan fingerprint density at radius 2 is 2.17 bits per heavy atom. The third-order valence-corrected chi connectivity index (χ3v) is 5.01. The van der Waals surface area contributed by atoms with Crippen LogP contribution in [0.5, 0.6) is 0 Å². The number of anilines is 1. The number of aromatic nitrogens is 1. The molecule has 2 aliphatic heterocycles. The molecule has 5 nitrogen and oxygen atoms in total. The minimum atomic E-state index is 0.0913. The van der Waals surface area contributed by atoms with Gasteiger partial charge in [0.05, 0.1) is 5.92 Å². The largest absolute Gasteiger partial charge is 0.317 e. The van der Waals surface area contributed by atoms with Crippen molar-refractivity contribution in [2.24, 2.45) is 11.8 Å². The van der Waals surface area contributed by atoms with Gasteiger partial charge < -0.3 is 15.5 Å². The zero-order valence-corrected chi connectivity index (χ0v) is 14.1. The van der Waals surface area contributed by atoms with Gasteiger partial charge in [0.25, 0.3) is 0 Å². The molecule has 1 aromatic rings. The first-order valence-electron chi connectivity index (χ1n) is 8.87. The topological polar surface area (TPSA) is 57.3 Å². The molecule has 3 heterocycles. The molecule has 1 aromatic heterocycles. The molecule has 1 unspecified atom stereocenters. The summed E-state index contributed by atoms with van der Waals surface area (Å²) in [5.74, 6) is 1.66. The van der Waals surface area contributed by atoms with E-state index < -0.39 is 0 Å². The molecule has 1 atom stereocenters. The Morgan fingerprint density at radius 1 is 1.35 bits per heavy atom. The fourth-order valence-electron chi connectivity index (χ4n) is 3.63. The van der Waals surface area contributed by atoms with Crippen molar-refractivity contribution in [2.45, 2.75) is 32.6 Å². The first kappa shape index (κ1) is 16.4. The third-order valence-electron chi connectivity index (χ3n) is 5.01. The Morgan fingerprint density at radius 3 is 2.91 bits per heavy atom. The van der Waals surface area contributed by atoms with E-state index in [0.29, 0.717) is 5.82 Å². The molecule has 0 bridgehead atoms. The summed E-state index contributed by atoms with van der Waals surface area (Å²) in [7, 11) is 0. The number of piperidine rings is 2. The lowest BCUT2D eigenvalue weighted by Gasteiger charge is -2.35. The number of hydrogen-bond acceptors (Lipinski definition) is 4. The molecule has 1 amide bonds. The average molecular weight is 316 g/mol. The second-order valence-corrected chi connectivity index (χ2v) is 7.00. The van der Waals surface area contributed by atoms with Gasteiger partial charge in [-0.3, -0.25) is 4.79 Å². The predicted octanol–water partition coefficient (Wildman–Crippen LogP) is 2.04. The number of amides is 1. The second-order valence-electron chi connectivity index (χ2n) is 7.00. The van der Waals surface area contributed by atoms with Crippen molar-refractivity contribution < 1.29 is 4.79 Å². The molecule has 0 aliphatic carbocycles. The highest BCUT2D eigenvalue weighted by atomic mass is 16.2. The highest BCUT2D eigenvalue weighted by Gasteiger charge is 2.27. The lowest BCUT2D eigenvalue weighted by Crippen LogP contribution is -2.44. The molecule has 2 aliphatic rings. The van der Waals surface area contributed by atoms with Gasteiger partial charge in [-0.05, 0) is 69.8 Å². The van der Waals surface area contributed by atoms with Crippen LogP contribution in [0.1, 0.15) is 31.2 Å². The summed E-state index contributed by atoms with van der Waals surface area (Å²) in [5, 5.41) is 6.40. The number of likely N-dealkylation sites (tertiary alicyclic amines) is 1. The van der Waals surface area contributed by atoms with Gasteiger partial charge in [0.15, 0.2) is 0 Å². The van der Waals surface area contributed by atoms with Crippen molar-refractivity contribution in [3.63, 3.8) is 0 Å². The van der Waals surface area contributed by atoms with E-state index in [1.165, 1.54) is 12.8 Å². The zero-order chi connectivity index (χ0) is 16.1. The molecule has 0 spiro atoms. The van der Waals surface area contributed by atoms with Gasteiger partial charge in [0.1, 0.15) is 5.82 Å². The van der Waals surface area contributed by atoms with Gasteiger partial charge in [-0.15, -0.1) is 0 Å². The Hall–Kier alpha value is -1.46. The van der Waals surface area contributed by atoms with Gasteiger partial charge in [0.2, 0.25) is 5.91 Å². The van der Waals surface area contributed by atoms with Crippen LogP contribution in [0.15, 0.2) is 18.3 Å². The highest BCUT2D eigenvalue weighted by molar-refractivity contribution is 5.91. The minimum Gasteiger partial charge on any atom is -0.317 e. The maximum absolute atomic E-state index is 12.5.